The second-order valence-corrected chi connectivity index (χ2v) is 6.71. The minimum atomic E-state index is -1.13. The Kier molecular flexibility index (Phi) is 5.45. The van der Waals surface area contributed by atoms with Gasteiger partial charge in [0.15, 0.2) is 0 Å². The summed E-state index contributed by atoms with van der Waals surface area (Å²) in [6.07, 6.45) is 0.0602. The lowest BCUT2D eigenvalue weighted by atomic mass is 10.0. The number of carbonyl (C=O) groups excluding carboxylic acids is 1. The normalized spacial score (nSPS) is 11.9. The number of amides is 1. The maximum absolute atomic E-state index is 12.5. The van der Waals surface area contributed by atoms with Crippen molar-refractivity contribution >= 4 is 45.9 Å². The highest BCUT2D eigenvalue weighted by Gasteiger charge is 2.22. The molecule has 1 amide bonds. The minimum absolute atomic E-state index is 0.0602. The third kappa shape index (κ3) is 4.15. The van der Waals surface area contributed by atoms with Gasteiger partial charge < -0.3 is 10.4 Å². The lowest BCUT2D eigenvalue weighted by Crippen LogP contribution is -2.42. The van der Waals surface area contributed by atoms with E-state index in [0.717, 1.165) is 10.8 Å². The van der Waals surface area contributed by atoms with Gasteiger partial charge in [-0.15, -0.1) is 0 Å². The largest absolute Gasteiger partial charge is 0.480 e. The summed E-state index contributed by atoms with van der Waals surface area (Å²) < 4.78 is 0. The molecule has 0 saturated carbocycles. The number of hydrogen-bond donors (Lipinski definition) is 2. The Bertz CT molecular complexity index is 988. The van der Waals surface area contributed by atoms with E-state index in [-0.39, 0.29) is 6.42 Å². The predicted octanol–water partition coefficient (Wildman–Crippen LogP) is 4.57. The Morgan fingerprint density at radius 3 is 2.38 bits per heavy atom. The summed E-state index contributed by atoms with van der Waals surface area (Å²) >= 11 is 12.0. The van der Waals surface area contributed by atoms with Gasteiger partial charge >= 0.3 is 5.97 Å². The van der Waals surface area contributed by atoms with Gasteiger partial charge in [0.25, 0.3) is 5.91 Å². The van der Waals surface area contributed by atoms with E-state index >= 15 is 0 Å². The molecule has 132 valence electrons. The molecule has 0 heterocycles. The topological polar surface area (TPSA) is 66.4 Å². The number of rotatable bonds is 5. The fourth-order valence-corrected chi connectivity index (χ4v) is 3.17. The fourth-order valence-electron chi connectivity index (χ4n) is 2.68. The third-order valence-electron chi connectivity index (χ3n) is 4.05. The lowest BCUT2D eigenvalue weighted by Gasteiger charge is -2.16. The van der Waals surface area contributed by atoms with Crippen LogP contribution in [0.1, 0.15) is 15.9 Å². The molecule has 0 radical (unpaired) electrons. The van der Waals surface area contributed by atoms with Crippen molar-refractivity contribution in [1.29, 1.82) is 0 Å². The maximum Gasteiger partial charge on any atom is 0.326 e. The highest BCUT2D eigenvalue weighted by molar-refractivity contribution is 6.35. The Morgan fingerprint density at radius 2 is 1.69 bits per heavy atom. The monoisotopic (exact) mass is 387 g/mol. The van der Waals surface area contributed by atoms with Crippen molar-refractivity contribution in [3.05, 3.63) is 81.8 Å². The van der Waals surface area contributed by atoms with Crippen molar-refractivity contribution in [3.63, 3.8) is 0 Å². The van der Waals surface area contributed by atoms with Crippen molar-refractivity contribution in [2.45, 2.75) is 12.5 Å². The van der Waals surface area contributed by atoms with E-state index in [1.807, 2.05) is 30.3 Å². The second-order valence-electron chi connectivity index (χ2n) is 5.87. The van der Waals surface area contributed by atoms with Crippen LogP contribution in [0.15, 0.2) is 60.7 Å². The van der Waals surface area contributed by atoms with Crippen molar-refractivity contribution in [3.8, 4) is 0 Å². The molecule has 4 nitrogen and oxygen atoms in total. The lowest BCUT2D eigenvalue weighted by molar-refractivity contribution is -0.139. The van der Waals surface area contributed by atoms with Gasteiger partial charge in [0.1, 0.15) is 6.04 Å². The molecule has 1 atom stereocenters. The molecule has 0 spiro atoms. The highest BCUT2D eigenvalue weighted by atomic mass is 35.5. The standard InChI is InChI=1S/C20H15Cl2NO3/c21-16-8-7-14(17(22)11-16)10-18(20(25)26)23-19(24)15-6-5-12-3-1-2-4-13(12)9-15/h1-9,11,18H,10H2,(H,23,24)(H,25,26)/t18-/m0/s1. The number of aliphatic carboxylic acids is 1. The van der Waals surface area contributed by atoms with Gasteiger partial charge in [-0.25, -0.2) is 4.79 Å². The Labute approximate surface area is 160 Å². The quantitative estimate of drug-likeness (QED) is 0.673. The molecule has 3 aromatic carbocycles. The van der Waals surface area contributed by atoms with Crippen molar-refractivity contribution in [1.82, 2.24) is 5.32 Å². The van der Waals surface area contributed by atoms with Gasteiger partial charge in [-0.05, 0) is 40.6 Å². The SMILES string of the molecule is O=C(N[C@@H](Cc1ccc(Cl)cc1Cl)C(=O)O)c1ccc2ccccc2c1. The molecule has 3 rings (SSSR count). The van der Waals surface area contributed by atoms with Gasteiger partial charge in [0, 0.05) is 22.0 Å². The van der Waals surface area contributed by atoms with Gasteiger partial charge in [-0.1, -0.05) is 59.6 Å². The first kappa shape index (κ1) is 18.2. The summed E-state index contributed by atoms with van der Waals surface area (Å²) in [4.78, 5) is 24.1. The molecule has 6 heteroatoms. The Morgan fingerprint density at radius 1 is 0.962 bits per heavy atom. The number of halogens is 2. The van der Waals surface area contributed by atoms with Crippen LogP contribution in [0, 0.1) is 0 Å². The number of carbonyl (C=O) groups is 2. The van der Waals surface area contributed by atoms with Crippen LogP contribution in [0.5, 0.6) is 0 Å². The van der Waals surface area contributed by atoms with Gasteiger partial charge in [0.2, 0.25) is 0 Å². The third-order valence-corrected chi connectivity index (χ3v) is 4.64. The van der Waals surface area contributed by atoms with Crippen LogP contribution < -0.4 is 5.32 Å². The molecular formula is C20H15Cl2NO3. The van der Waals surface area contributed by atoms with Crippen LogP contribution in [0.2, 0.25) is 10.0 Å². The maximum atomic E-state index is 12.5. The molecule has 0 aliphatic carbocycles. The molecule has 0 aromatic heterocycles. The number of benzene rings is 3. The molecule has 3 aromatic rings. The van der Waals surface area contributed by atoms with Crippen LogP contribution in [0.3, 0.4) is 0 Å². The smallest absolute Gasteiger partial charge is 0.326 e. The van der Waals surface area contributed by atoms with Crippen LogP contribution in [-0.4, -0.2) is 23.0 Å². The molecular weight excluding hydrogens is 373 g/mol. The van der Waals surface area contributed by atoms with E-state index < -0.39 is 17.9 Å². The van der Waals surface area contributed by atoms with Crippen LogP contribution in [-0.2, 0) is 11.2 Å². The van der Waals surface area contributed by atoms with E-state index in [2.05, 4.69) is 5.32 Å². The summed E-state index contributed by atoms with van der Waals surface area (Å²) in [6.45, 7) is 0. The molecule has 0 fully saturated rings. The van der Waals surface area contributed by atoms with Crippen molar-refractivity contribution in [2.75, 3.05) is 0 Å². The van der Waals surface area contributed by atoms with E-state index in [0.29, 0.717) is 21.2 Å². The van der Waals surface area contributed by atoms with Crippen molar-refractivity contribution in [2.24, 2.45) is 0 Å². The van der Waals surface area contributed by atoms with E-state index in [1.165, 1.54) is 0 Å². The first-order valence-electron chi connectivity index (χ1n) is 7.90. The Hall–Kier alpha value is -2.56. The number of hydrogen-bond acceptors (Lipinski definition) is 2. The summed E-state index contributed by atoms with van der Waals surface area (Å²) in [6, 6.07) is 16.6. The summed E-state index contributed by atoms with van der Waals surface area (Å²) in [5, 5.41) is 14.8. The predicted molar refractivity (Wildman–Crippen MR) is 103 cm³/mol. The van der Waals surface area contributed by atoms with Crippen LogP contribution >= 0.6 is 23.2 Å². The molecule has 2 N–H and O–H groups in total. The summed E-state index contributed by atoms with van der Waals surface area (Å²) in [7, 11) is 0. The summed E-state index contributed by atoms with van der Waals surface area (Å²) in [5.74, 6) is -1.58. The number of fused-ring (bicyclic) bond motifs is 1. The molecule has 0 bridgehead atoms. The first-order valence-corrected chi connectivity index (χ1v) is 8.66. The molecule has 0 saturated heterocycles. The van der Waals surface area contributed by atoms with Crippen molar-refractivity contribution < 1.29 is 14.7 Å². The van der Waals surface area contributed by atoms with E-state index in [9.17, 15) is 14.7 Å². The van der Waals surface area contributed by atoms with Crippen LogP contribution in [0.25, 0.3) is 10.8 Å². The number of nitrogens with one attached hydrogen (secondary N) is 1. The average molecular weight is 388 g/mol. The second kappa shape index (κ2) is 7.77. The Balaban J connectivity index is 1.80. The highest BCUT2D eigenvalue weighted by Crippen LogP contribution is 2.22. The summed E-state index contributed by atoms with van der Waals surface area (Å²) in [5.41, 5.74) is 0.999. The van der Waals surface area contributed by atoms with E-state index in [4.69, 9.17) is 23.2 Å². The fraction of sp³-hybridized carbons (Fsp3) is 0.100. The first-order chi connectivity index (χ1) is 12.4. The average Bonchev–Trinajstić information content (AvgIpc) is 2.62. The number of carboxylic acids is 1. The van der Waals surface area contributed by atoms with Gasteiger partial charge in [-0.3, -0.25) is 4.79 Å². The molecule has 0 aliphatic heterocycles. The zero-order chi connectivity index (χ0) is 18.7. The van der Waals surface area contributed by atoms with Gasteiger partial charge in [-0.2, -0.15) is 0 Å². The zero-order valence-electron chi connectivity index (χ0n) is 13.6. The molecule has 0 aliphatic rings. The zero-order valence-corrected chi connectivity index (χ0v) is 15.1. The number of carboxylic acid groups (broad SMARTS) is 1. The van der Waals surface area contributed by atoms with Gasteiger partial charge in [0.05, 0.1) is 0 Å². The molecule has 0 unspecified atom stereocenters. The van der Waals surface area contributed by atoms with E-state index in [1.54, 1.807) is 30.3 Å². The van der Waals surface area contributed by atoms with Crippen LogP contribution in [0.4, 0.5) is 0 Å². The minimum Gasteiger partial charge on any atom is -0.480 e. The molecule has 26 heavy (non-hydrogen) atoms.